The van der Waals surface area contributed by atoms with E-state index in [4.69, 9.17) is 10.8 Å². The Hall–Kier alpha value is -0.770. The zero-order chi connectivity index (χ0) is 13.1. The topological polar surface area (TPSA) is 70.6 Å². The largest absolute Gasteiger partial charge is 0.396 e. The van der Waals surface area contributed by atoms with E-state index < -0.39 is 0 Å². The third-order valence-electron chi connectivity index (χ3n) is 2.78. The minimum absolute atomic E-state index is 0.237. The third kappa shape index (κ3) is 10.1. The summed E-state index contributed by atoms with van der Waals surface area (Å²) in [6.07, 6.45) is 4.14. The van der Waals surface area contributed by atoms with Crippen LogP contribution in [0.2, 0.25) is 0 Å². The maximum Gasteiger partial charge on any atom is 0.188 e. The van der Waals surface area contributed by atoms with Gasteiger partial charge in [0.2, 0.25) is 0 Å². The van der Waals surface area contributed by atoms with E-state index in [1.54, 1.807) is 0 Å². The van der Waals surface area contributed by atoms with Crippen molar-refractivity contribution in [3.8, 4) is 0 Å². The summed E-state index contributed by atoms with van der Waals surface area (Å²) in [5.74, 6) is 1.66. The Morgan fingerprint density at radius 1 is 1.29 bits per heavy atom. The van der Waals surface area contributed by atoms with Crippen LogP contribution in [0.25, 0.3) is 0 Å². The molecule has 102 valence electrons. The van der Waals surface area contributed by atoms with E-state index in [-0.39, 0.29) is 6.61 Å². The first kappa shape index (κ1) is 16.2. The van der Waals surface area contributed by atoms with Crippen LogP contribution in [0.15, 0.2) is 4.99 Å². The molecule has 0 aromatic carbocycles. The number of aliphatic hydroxyl groups is 1. The molecule has 17 heavy (non-hydrogen) atoms. The lowest BCUT2D eigenvalue weighted by Gasteiger charge is -2.13. The third-order valence-corrected chi connectivity index (χ3v) is 2.78. The van der Waals surface area contributed by atoms with Gasteiger partial charge in [-0.15, -0.1) is 0 Å². The fraction of sp³-hybridized carbons (Fsp3) is 0.923. The molecule has 4 heteroatoms. The highest BCUT2D eigenvalue weighted by Crippen LogP contribution is 2.10. The molecule has 4 N–H and O–H groups in total. The number of nitrogens with two attached hydrogens (primary N) is 1. The average Bonchev–Trinajstić information content (AvgIpc) is 2.26. The molecule has 0 amide bonds. The van der Waals surface area contributed by atoms with E-state index >= 15 is 0 Å². The first-order valence-electron chi connectivity index (χ1n) is 6.74. The molecule has 0 rings (SSSR count). The van der Waals surface area contributed by atoms with Crippen molar-refractivity contribution in [2.24, 2.45) is 22.6 Å². The van der Waals surface area contributed by atoms with Crippen LogP contribution in [0.4, 0.5) is 0 Å². The number of guanidine groups is 1. The molecule has 1 atom stereocenters. The highest BCUT2D eigenvalue weighted by molar-refractivity contribution is 5.77. The van der Waals surface area contributed by atoms with Gasteiger partial charge >= 0.3 is 0 Å². The predicted octanol–water partition coefficient (Wildman–Crippen LogP) is 1.74. The lowest BCUT2D eigenvalue weighted by Crippen LogP contribution is -2.33. The SMILES string of the molecule is CCCC(CCO)CN=C(N)NCCC(C)C. The number of hydrogen-bond acceptors (Lipinski definition) is 2. The lowest BCUT2D eigenvalue weighted by atomic mass is 10.0. The molecular weight excluding hydrogens is 214 g/mol. The number of hydrogen-bond donors (Lipinski definition) is 3. The molecule has 0 heterocycles. The van der Waals surface area contributed by atoms with Gasteiger partial charge in [-0.2, -0.15) is 0 Å². The molecule has 0 aromatic heterocycles. The Bertz CT molecular complexity index is 199. The van der Waals surface area contributed by atoms with Crippen LogP contribution < -0.4 is 11.1 Å². The Balaban J connectivity index is 3.84. The number of aliphatic hydroxyl groups excluding tert-OH is 1. The van der Waals surface area contributed by atoms with E-state index in [1.165, 1.54) is 0 Å². The summed E-state index contributed by atoms with van der Waals surface area (Å²) in [7, 11) is 0. The molecule has 0 saturated heterocycles. The van der Waals surface area contributed by atoms with Crippen LogP contribution in [-0.4, -0.2) is 30.8 Å². The molecule has 0 bridgehead atoms. The van der Waals surface area contributed by atoms with Crippen LogP contribution in [0.3, 0.4) is 0 Å². The average molecular weight is 243 g/mol. The van der Waals surface area contributed by atoms with Crippen molar-refractivity contribution in [1.29, 1.82) is 0 Å². The number of rotatable bonds is 9. The smallest absolute Gasteiger partial charge is 0.188 e. The minimum atomic E-state index is 0.237. The minimum Gasteiger partial charge on any atom is -0.396 e. The monoisotopic (exact) mass is 243 g/mol. The maximum atomic E-state index is 8.94. The summed E-state index contributed by atoms with van der Waals surface area (Å²) in [4.78, 5) is 4.33. The second-order valence-corrected chi connectivity index (χ2v) is 5.00. The Labute approximate surface area is 106 Å². The van der Waals surface area contributed by atoms with Crippen LogP contribution in [0.5, 0.6) is 0 Å². The standard InChI is InChI=1S/C13H29N3O/c1-4-5-12(7-9-17)10-16-13(14)15-8-6-11(2)3/h11-12,17H,4-10H2,1-3H3,(H3,14,15,16). The van der Waals surface area contributed by atoms with Crippen LogP contribution in [0.1, 0.15) is 46.5 Å². The second-order valence-electron chi connectivity index (χ2n) is 5.00. The van der Waals surface area contributed by atoms with E-state index in [1.807, 2.05) is 0 Å². The maximum absolute atomic E-state index is 8.94. The van der Waals surface area contributed by atoms with Crippen molar-refractivity contribution in [3.05, 3.63) is 0 Å². The van der Waals surface area contributed by atoms with Crippen molar-refractivity contribution < 1.29 is 5.11 Å². The molecule has 0 aromatic rings. The van der Waals surface area contributed by atoms with Crippen molar-refractivity contribution in [3.63, 3.8) is 0 Å². The molecular formula is C13H29N3O. The molecule has 0 spiro atoms. The normalized spacial score (nSPS) is 14.1. The highest BCUT2D eigenvalue weighted by atomic mass is 16.3. The van der Waals surface area contributed by atoms with Gasteiger partial charge in [0, 0.05) is 19.7 Å². The summed E-state index contributed by atoms with van der Waals surface area (Å²) in [6, 6.07) is 0. The first-order chi connectivity index (χ1) is 8.10. The zero-order valence-electron chi connectivity index (χ0n) is 11.6. The van der Waals surface area contributed by atoms with Crippen molar-refractivity contribution in [1.82, 2.24) is 5.32 Å². The predicted molar refractivity (Wildman–Crippen MR) is 74.0 cm³/mol. The summed E-state index contributed by atoms with van der Waals surface area (Å²) in [5, 5.41) is 12.1. The van der Waals surface area contributed by atoms with E-state index in [0.29, 0.717) is 17.8 Å². The molecule has 0 fully saturated rings. The first-order valence-corrected chi connectivity index (χ1v) is 6.74. The molecule has 0 radical (unpaired) electrons. The van der Waals surface area contributed by atoms with Crippen LogP contribution in [0, 0.1) is 11.8 Å². The number of nitrogens with zero attached hydrogens (tertiary/aromatic N) is 1. The second kappa shape index (κ2) is 10.4. The Morgan fingerprint density at radius 2 is 2.00 bits per heavy atom. The number of aliphatic imine (C=N–C) groups is 1. The van der Waals surface area contributed by atoms with Gasteiger partial charge in [0.25, 0.3) is 0 Å². The van der Waals surface area contributed by atoms with Crippen molar-refractivity contribution >= 4 is 5.96 Å². The van der Waals surface area contributed by atoms with Crippen molar-refractivity contribution in [2.75, 3.05) is 19.7 Å². The quantitative estimate of drug-likeness (QED) is 0.427. The number of nitrogens with one attached hydrogen (secondary N) is 1. The van der Waals surface area contributed by atoms with Gasteiger partial charge in [0.15, 0.2) is 5.96 Å². The van der Waals surface area contributed by atoms with Gasteiger partial charge in [0.05, 0.1) is 0 Å². The summed E-state index contributed by atoms with van der Waals surface area (Å²) >= 11 is 0. The van der Waals surface area contributed by atoms with Gasteiger partial charge in [0.1, 0.15) is 0 Å². The van der Waals surface area contributed by atoms with Crippen LogP contribution >= 0.6 is 0 Å². The van der Waals surface area contributed by atoms with E-state index in [0.717, 1.165) is 38.8 Å². The van der Waals surface area contributed by atoms with Gasteiger partial charge < -0.3 is 16.2 Å². The van der Waals surface area contributed by atoms with Gasteiger partial charge in [-0.3, -0.25) is 4.99 Å². The summed E-state index contributed by atoms with van der Waals surface area (Å²) in [5.41, 5.74) is 5.78. The Morgan fingerprint density at radius 3 is 2.53 bits per heavy atom. The summed E-state index contributed by atoms with van der Waals surface area (Å²) in [6.45, 7) is 8.36. The van der Waals surface area contributed by atoms with Crippen LogP contribution in [-0.2, 0) is 0 Å². The van der Waals surface area contributed by atoms with Gasteiger partial charge in [-0.05, 0) is 31.1 Å². The van der Waals surface area contributed by atoms with Gasteiger partial charge in [-0.25, -0.2) is 0 Å². The molecule has 0 aliphatic heterocycles. The molecule has 0 saturated carbocycles. The molecule has 0 aliphatic rings. The highest BCUT2D eigenvalue weighted by Gasteiger charge is 2.06. The Kier molecular flexibility index (Phi) is 9.92. The fourth-order valence-electron chi connectivity index (χ4n) is 1.69. The van der Waals surface area contributed by atoms with Crippen molar-refractivity contribution in [2.45, 2.75) is 46.5 Å². The van der Waals surface area contributed by atoms with Gasteiger partial charge in [-0.1, -0.05) is 27.2 Å². The molecule has 1 unspecified atom stereocenters. The lowest BCUT2D eigenvalue weighted by molar-refractivity contribution is 0.253. The molecule has 0 aliphatic carbocycles. The zero-order valence-corrected chi connectivity index (χ0v) is 11.6. The van der Waals surface area contributed by atoms with E-state index in [9.17, 15) is 0 Å². The fourth-order valence-corrected chi connectivity index (χ4v) is 1.69. The summed E-state index contributed by atoms with van der Waals surface area (Å²) < 4.78 is 0. The molecule has 4 nitrogen and oxygen atoms in total. The van der Waals surface area contributed by atoms with E-state index in [2.05, 4.69) is 31.1 Å².